The standard InChI is InChI=1S/C18H21N3O4/c1-23-15-8-13(9-16(24-2)17(15)25-3)20-12-6-7-14(19-10-12)18(22)21-11-4-5-11/h6-11,20H,4-5H2,1-3H3,(H,21,22). The molecule has 0 unspecified atom stereocenters. The summed E-state index contributed by atoms with van der Waals surface area (Å²) in [6.45, 7) is 0. The molecule has 0 spiro atoms. The highest BCUT2D eigenvalue weighted by Crippen LogP contribution is 2.40. The molecule has 3 rings (SSSR count). The van der Waals surface area contributed by atoms with Crippen molar-refractivity contribution >= 4 is 17.3 Å². The number of nitrogens with one attached hydrogen (secondary N) is 2. The zero-order valence-electron chi connectivity index (χ0n) is 14.5. The minimum atomic E-state index is -0.137. The number of benzene rings is 1. The number of rotatable bonds is 7. The summed E-state index contributed by atoms with van der Waals surface area (Å²) in [4.78, 5) is 16.2. The van der Waals surface area contributed by atoms with E-state index in [1.165, 1.54) is 0 Å². The first-order valence-electron chi connectivity index (χ1n) is 7.98. The van der Waals surface area contributed by atoms with E-state index in [0.29, 0.717) is 29.0 Å². The van der Waals surface area contributed by atoms with Gasteiger partial charge in [0.1, 0.15) is 5.69 Å². The smallest absolute Gasteiger partial charge is 0.270 e. The number of anilines is 2. The molecule has 25 heavy (non-hydrogen) atoms. The van der Waals surface area contributed by atoms with E-state index in [1.807, 2.05) is 0 Å². The second-order valence-electron chi connectivity index (χ2n) is 5.72. The molecule has 1 amide bonds. The molecule has 1 heterocycles. The van der Waals surface area contributed by atoms with Gasteiger partial charge in [-0.05, 0) is 25.0 Å². The molecule has 0 bridgehead atoms. The monoisotopic (exact) mass is 343 g/mol. The zero-order chi connectivity index (χ0) is 17.8. The van der Waals surface area contributed by atoms with E-state index in [9.17, 15) is 4.79 Å². The van der Waals surface area contributed by atoms with E-state index < -0.39 is 0 Å². The van der Waals surface area contributed by atoms with Crippen molar-refractivity contribution < 1.29 is 19.0 Å². The van der Waals surface area contributed by atoms with E-state index in [2.05, 4.69) is 15.6 Å². The minimum Gasteiger partial charge on any atom is -0.493 e. The van der Waals surface area contributed by atoms with Gasteiger partial charge in [-0.15, -0.1) is 0 Å². The highest BCUT2D eigenvalue weighted by molar-refractivity contribution is 5.92. The summed E-state index contributed by atoms with van der Waals surface area (Å²) in [7, 11) is 4.69. The maximum atomic E-state index is 12.0. The van der Waals surface area contributed by atoms with Crippen LogP contribution in [0.25, 0.3) is 0 Å². The van der Waals surface area contributed by atoms with Crippen molar-refractivity contribution in [2.45, 2.75) is 18.9 Å². The Morgan fingerprint density at radius 1 is 1.04 bits per heavy atom. The molecule has 0 saturated heterocycles. The van der Waals surface area contributed by atoms with Gasteiger partial charge in [0.05, 0.1) is 33.2 Å². The van der Waals surface area contributed by atoms with E-state index in [4.69, 9.17) is 14.2 Å². The van der Waals surface area contributed by atoms with E-state index in [-0.39, 0.29) is 5.91 Å². The number of aromatic nitrogens is 1. The van der Waals surface area contributed by atoms with Gasteiger partial charge in [0.25, 0.3) is 5.91 Å². The predicted octanol–water partition coefficient (Wildman–Crippen LogP) is 2.74. The zero-order valence-corrected chi connectivity index (χ0v) is 14.5. The SMILES string of the molecule is COc1cc(Nc2ccc(C(=O)NC3CC3)nc2)cc(OC)c1OC. The van der Waals surface area contributed by atoms with Gasteiger partial charge < -0.3 is 24.8 Å². The van der Waals surface area contributed by atoms with Crippen LogP contribution in [0.1, 0.15) is 23.3 Å². The third kappa shape index (κ3) is 3.93. The third-order valence-corrected chi connectivity index (χ3v) is 3.86. The summed E-state index contributed by atoms with van der Waals surface area (Å²) in [5, 5.41) is 6.13. The Labute approximate surface area is 146 Å². The van der Waals surface area contributed by atoms with Crippen molar-refractivity contribution in [1.29, 1.82) is 0 Å². The highest BCUT2D eigenvalue weighted by atomic mass is 16.5. The summed E-state index contributed by atoms with van der Waals surface area (Å²) < 4.78 is 16.0. The topological polar surface area (TPSA) is 81.7 Å². The van der Waals surface area contributed by atoms with E-state index in [0.717, 1.165) is 24.2 Å². The van der Waals surface area contributed by atoms with Crippen LogP contribution >= 0.6 is 0 Å². The maximum Gasteiger partial charge on any atom is 0.270 e. The molecule has 1 saturated carbocycles. The predicted molar refractivity (Wildman–Crippen MR) is 94.1 cm³/mol. The summed E-state index contributed by atoms with van der Waals surface area (Å²) in [6.07, 6.45) is 3.71. The Morgan fingerprint density at radius 3 is 2.20 bits per heavy atom. The molecule has 7 heteroatoms. The van der Waals surface area contributed by atoms with Crippen LogP contribution in [0.2, 0.25) is 0 Å². The van der Waals surface area contributed by atoms with Crippen LogP contribution in [-0.4, -0.2) is 38.3 Å². The fourth-order valence-electron chi connectivity index (χ4n) is 2.41. The third-order valence-electron chi connectivity index (χ3n) is 3.86. The molecule has 0 aliphatic heterocycles. The van der Waals surface area contributed by atoms with Gasteiger partial charge in [-0.2, -0.15) is 0 Å². The Morgan fingerprint density at radius 2 is 1.72 bits per heavy atom. The fourth-order valence-corrected chi connectivity index (χ4v) is 2.41. The molecule has 1 aliphatic carbocycles. The summed E-state index contributed by atoms with van der Waals surface area (Å²) in [5.41, 5.74) is 1.91. The minimum absolute atomic E-state index is 0.137. The number of amides is 1. The van der Waals surface area contributed by atoms with Gasteiger partial charge in [0.2, 0.25) is 5.75 Å². The lowest BCUT2D eigenvalue weighted by Gasteiger charge is -2.15. The van der Waals surface area contributed by atoms with Crippen LogP contribution in [0, 0.1) is 0 Å². The fraction of sp³-hybridized carbons (Fsp3) is 0.333. The normalized spacial score (nSPS) is 13.1. The molecule has 2 aromatic rings. The molecule has 1 fully saturated rings. The number of carbonyl (C=O) groups excluding carboxylic acids is 1. The van der Waals surface area contributed by atoms with Crippen molar-refractivity contribution in [1.82, 2.24) is 10.3 Å². The molecular formula is C18H21N3O4. The van der Waals surface area contributed by atoms with Crippen LogP contribution in [0.3, 0.4) is 0 Å². The number of methoxy groups -OCH3 is 3. The van der Waals surface area contributed by atoms with Gasteiger partial charge >= 0.3 is 0 Å². The molecular weight excluding hydrogens is 322 g/mol. The number of hydrogen-bond donors (Lipinski definition) is 2. The summed E-state index contributed by atoms with van der Waals surface area (Å²) in [5.74, 6) is 1.50. The van der Waals surface area contributed by atoms with Crippen molar-refractivity contribution in [3.05, 3.63) is 36.2 Å². The van der Waals surface area contributed by atoms with Crippen LogP contribution in [0.5, 0.6) is 17.2 Å². The number of pyridine rings is 1. The lowest BCUT2D eigenvalue weighted by molar-refractivity contribution is 0.0946. The lowest BCUT2D eigenvalue weighted by Crippen LogP contribution is -2.26. The average Bonchev–Trinajstić information content (AvgIpc) is 3.45. The van der Waals surface area contributed by atoms with Crippen molar-refractivity contribution in [3.8, 4) is 17.2 Å². The molecule has 0 radical (unpaired) electrons. The van der Waals surface area contributed by atoms with Crippen molar-refractivity contribution in [3.63, 3.8) is 0 Å². The van der Waals surface area contributed by atoms with E-state index >= 15 is 0 Å². The molecule has 2 N–H and O–H groups in total. The lowest BCUT2D eigenvalue weighted by atomic mass is 10.2. The van der Waals surface area contributed by atoms with E-state index in [1.54, 1.807) is 51.8 Å². The molecule has 132 valence electrons. The number of hydrogen-bond acceptors (Lipinski definition) is 6. The maximum absolute atomic E-state index is 12.0. The quantitative estimate of drug-likeness (QED) is 0.804. The Balaban J connectivity index is 1.76. The Hall–Kier alpha value is -2.96. The Bertz CT molecular complexity index is 732. The number of carbonyl (C=O) groups is 1. The number of ether oxygens (including phenoxy) is 3. The van der Waals surface area contributed by atoms with Gasteiger partial charge in [0.15, 0.2) is 11.5 Å². The number of nitrogens with zero attached hydrogens (tertiary/aromatic N) is 1. The van der Waals surface area contributed by atoms with Crippen molar-refractivity contribution in [2.75, 3.05) is 26.6 Å². The molecule has 1 aromatic heterocycles. The van der Waals surface area contributed by atoms with Crippen LogP contribution in [-0.2, 0) is 0 Å². The molecule has 1 aromatic carbocycles. The van der Waals surface area contributed by atoms with Gasteiger partial charge in [-0.25, -0.2) is 4.98 Å². The summed E-state index contributed by atoms with van der Waals surface area (Å²) in [6, 6.07) is 7.41. The second-order valence-corrected chi connectivity index (χ2v) is 5.72. The molecule has 1 aliphatic rings. The van der Waals surface area contributed by atoms with Crippen LogP contribution in [0.4, 0.5) is 11.4 Å². The molecule has 7 nitrogen and oxygen atoms in total. The first-order chi connectivity index (χ1) is 12.1. The average molecular weight is 343 g/mol. The van der Waals surface area contributed by atoms with Crippen molar-refractivity contribution in [2.24, 2.45) is 0 Å². The van der Waals surface area contributed by atoms with Crippen LogP contribution < -0.4 is 24.8 Å². The largest absolute Gasteiger partial charge is 0.493 e. The van der Waals surface area contributed by atoms with Gasteiger partial charge in [-0.1, -0.05) is 0 Å². The Kier molecular flexibility index (Phi) is 4.92. The first-order valence-corrected chi connectivity index (χ1v) is 7.98. The second kappa shape index (κ2) is 7.29. The summed E-state index contributed by atoms with van der Waals surface area (Å²) >= 11 is 0. The highest BCUT2D eigenvalue weighted by Gasteiger charge is 2.24. The van der Waals surface area contributed by atoms with Gasteiger partial charge in [-0.3, -0.25) is 4.79 Å². The molecule has 0 atom stereocenters. The van der Waals surface area contributed by atoms with Gasteiger partial charge in [0, 0.05) is 23.9 Å². The first kappa shape index (κ1) is 16.9. The van der Waals surface area contributed by atoms with Crippen LogP contribution in [0.15, 0.2) is 30.5 Å².